The molecule has 0 spiro atoms. The molecular formula is C8H13BN2. The first-order valence-corrected chi connectivity index (χ1v) is 4.03. The van der Waals surface area contributed by atoms with E-state index >= 15 is 0 Å². The van der Waals surface area contributed by atoms with Gasteiger partial charge in [-0.15, -0.1) is 0 Å². The predicted octanol–water partition coefficient (Wildman–Crippen LogP) is 1.27. The summed E-state index contributed by atoms with van der Waals surface area (Å²) in [5, 5.41) is 0. The van der Waals surface area contributed by atoms with Crippen molar-refractivity contribution in [1.29, 1.82) is 0 Å². The molecule has 1 aromatic rings. The van der Waals surface area contributed by atoms with Crippen molar-refractivity contribution in [3.8, 4) is 0 Å². The Morgan fingerprint density at radius 2 is 2.18 bits per heavy atom. The SMILES string of the molecule is CCN(CC)c1bccnc1. The van der Waals surface area contributed by atoms with Crippen LogP contribution in [0.5, 0.6) is 0 Å². The zero-order chi connectivity index (χ0) is 8.10. The Labute approximate surface area is 68.5 Å². The molecule has 0 aromatic carbocycles. The van der Waals surface area contributed by atoms with E-state index in [1.807, 2.05) is 12.2 Å². The van der Waals surface area contributed by atoms with E-state index in [1.165, 1.54) is 5.58 Å². The van der Waals surface area contributed by atoms with Gasteiger partial charge in [-0.25, -0.2) is 0 Å². The third-order valence-corrected chi connectivity index (χ3v) is 1.77. The first-order chi connectivity index (χ1) is 5.38. The normalized spacial score (nSPS) is 9.27. The maximum absolute atomic E-state index is 4.06. The molecule has 0 aliphatic carbocycles. The van der Waals surface area contributed by atoms with E-state index in [1.54, 1.807) is 6.20 Å². The molecule has 0 unspecified atom stereocenters. The van der Waals surface area contributed by atoms with E-state index in [4.69, 9.17) is 0 Å². The molecular weight excluding hydrogens is 135 g/mol. The molecule has 0 bridgehead atoms. The Bertz CT molecular complexity index is 197. The van der Waals surface area contributed by atoms with Crippen molar-refractivity contribution in [1.82, 2.24) is 4.98 Å². The maximum atomic E-state index is 4.06. The number of hydrogen-bond donors (Lipinski definition) is 0. The fraction of sp³-hybridized carbons (Fsp3) is 0.500. The molecule has 0 aliphatic heterocycles. The van der Waals surface area contributed by atoms with E-state index in [2.05, 4.69) is 30.6 Å². The molecule has 1 heterocycles. The molecule has 0 atom stereocenters. The molecule has 11 heavy (non-hydrogen) atoms. The molecule has 0 saturated carbocycles. The van der Waals surface area contributed by atoms with Crippen LogP contribution in [-0.2, 0) is 0 Å². The van der Waals surface area contributed by atoms with Gasteiger partial charge in [-0.05, 0) is 0 Å². The Balaban J connectivity index is 2.74. The molecule has 2 nitrogen and oxygen atoms in total. The molecule has 0 radical (unpaired) electrons. The number of rotatable bonds is 3. The van der Waals surface area contributed by atoms with E-state index in [9.17, 15) is 0 Å². The van der Waals surface area contributed by atoms with Gasteiger partial charge in [-0.3, -0.25) is 0 Å². The quantitative estimate of drug-likeness (QED) is 0.641. The predicted molar refractivity (Wildman–Crippen MR) is 49.1 cm³/mol. The van der Waals surface area contributed by atoms with Crippen LogP contribution in [0.25, 0.3) is 0 Å². The average Bonchev–Trinajstić information content (AvgIpc) is 2.09. The number of nitrogens with zero attached hydrogens (tertiary/aromatic N) is 2. The van der Waals surface area contributed by atoms with Crippen LogP contribution in [-0.4, -0.2) is 25.0 Å². The summed E-state index contributed by atoms with van der Waals surface area (Å²) in [7, 11) is 0. The first-order valence-electron chi connectivity index (χ1n) is 4.03. The Morgan fingerprint density at radius 1 is 1.45 bits per heavy atom. The second-order valence-electron chi connectivity index (χ2n) is 2.38. The average molecular weight is 148 g/mol. The zero-order valence-electron chi connectivity index (χ0n) is 7.12. The summed E-state index contributed by atoms with van der Waals surface area (Å²) >= 11 is 0. The van der Waals surface area contributed by atoms with Gasteiger partial charge in [0.25, 0.3) is 0 Å². The standard InChI is InChI=1S/C8H13BN2/c1-3-11(4-2)8-7-10-6-5-9-8/h5-7H,3-4H2,1-2H3. The fourth-order valence-electron chi connectivity index (χ4n) is 1.13. The van der Waals surface area contributed by atoms with Crippen LogP contribution < -0.4 is 4.90 Å². The van der Waals surface area contributed by atoms with Crippen molar-refractivity contribution in [2.45, 2.75) is 13.8 Å². The van der Waals surface area contributed by atoms with Gasteiger partial charge in [-0.2, -0.15) is 0 Å². The summed E-state index contributed by atoms with van der Waals surface area (Å²) in [5.74, 6) is 1.97. The minimum absolute atomic E-state index is 1.04. The van der Waals surface area contributed by atoms with Gasteiger partial charge >= 0.3 is 67.7 Å². The monoisotopic (exact) mass is 148 g/mol. The fourth-order valence-corrected chi connectivity index (χ4v) is 1.13. The molecule has 0 saturated heterocycles. The molecule has 0 amide bonds. The van der Waals surface area contributed by atoms with Gasteiger partial charge in [0, 0.05) is 0 Å². The summed E-state index contributed by atoms with van der Waals surface area (Å²) in [4.78, 5) is 6.33. The number of hydrogen-bond acceptors (Lipinski definition) is 2. The van der Waals surface area contributed by atoms with E-state index in [0.717, 1.165) is 13.1 Å². The van der Waals surface area contributed by atoms with Gasteiger partial charge in [0.15, 0.2) is 0 Å². The van der Waals surface area contributed by atoms with E-state index in [0.29, 0.717) is 0 Å². The van der Waals surface area contributed by atoms with Crippen LogP contribution in [0, 0.1) is 0 Å². The third kappa shape index (κ3) is 2.04. The second kappa shape index (κ2) is 4.11. The van der Waals surface area contributed by atoms with Crippen molar-refractivity contribution in [3.05, 3.63) is 18.4 Å². The van der Waals surface area contributed by atoms with Crippen LogP contribution in [0.15, 0.2) is 18.4 Å². The van der Waals surface area contributed by atoms with Gasteiger partial charge < -0.3 is 0 Å². The number of anilines is 1. The first kappa shape index (κ1) is 8.24. The molecule has 3 heteroatoms. The van der Waals surface area contributed by atoms with Crippen molar-refractivity contribution >= 4 is 12.5 Å². The van der Waals surface area contributed by atoms with Gasteiger partial charge in [0.2, 0.25) is 0 Å². The topological polar surface area (TPSA) is 16.1 Å². The van der Waals surface area contributed by atoms with E-state index in [-0.39, 0.29) is 0 Å². The molecule has 1 aromatic heterocycles. The summed E-state index contributed by atoms with van der Waals surface area (Å²) in [6.07, 6.45) is 3.69. The van der Waals surface area contributed by atoms with Crippen LogP contribution in [0.3, 0.4) is 0 Å². The van der Waals surface area contributed by atoms with Crippen LogP contribution >= 0.6 is 0 Å². The van der Waals surface area contributed by atoms with E-state index < -0.39 is 0 Å². The van der Waals surface area contributed by atoms with Crippen LogP contribution in [0.4, 0.5) is 5.58 Å². The summed E-state index contributed by atoms with van der Waals surface area (Å²) in [6.45, 7) is 8.47. The Hall–Kier alpha value is -0.855. The van der Waals surface area contributed by atoms with Gasteiger partial charge in [0.1, 0.15) is 0 Å². The summed E-state index contributed by atoms with van der Waals surface area (Å²) in [5.41, 5.74) is 1.21. The zero-order valence-corrected chi connectivity index (χ0v) is 7.12. The van der Waals surface area contributed by atoms with Crippen molar-refractivity contribution in [2.24, 2.45) is 0 Å². The molecule has 0 N–H and O–H groups in total. The van der Waals surface area contributed by atoms with Gasteiger partial charge in [-0.1, -0.05) is 0 Å². The van der Waals surface area contributed by atoms with Crippen molar-refractivity contribution < 1.29 is 0 Å². The molecule has 0 fully saturated rings. The summed E-state index contributed by atoms with van der Waals surface area (Å²) in [6, 6.07) is 0. The molecule has 0 aliphatic rings. The Morgan fingerprint density at radius 3 is 2.64 bits per heavy atom. The molecule has 58 valence electrons. The number of aromatic nitrogens is 1. The minimum atomic E-state index is 1.04. The summed E-state index contributed by atoms with van der Waals surface area (Å²) < 4.78 is 0. The van der Waals surface area contributed by atoms with Crippen LogP contribution in [0.2, 0.25) is 0 Å². The van der Waals surface area contributed by atoms with Crippen molar-refractivity contribution in [3.63, 3.8) is 0 Å². The van der Waals surface area contributed by atoms with Crippen molar-refractivity contribution in [2.75, 3.05) is 18.0 Å². The van der Waals surface area contributed by atoms with Gasteiger partial charge in [0.05, 0.1) is 0 Å². The second-order valence-corrected chi connectivity index (χ2v) is 2.38. The Kier molecular flexibility index (Phi) is 3.08. The van der Waals surface area contributed by atoms with Crippen LogP contribution in [0.1, 0.15) is 13.8 Å². The third-order valence-electron chi connectivity index (χ3n) is 1.77. The molecule has 1 rings (SSSR count).